The molecule has 0 unspecified atom stereocenters. The van der Waals surface area contributed by atoms with Crippen LogP contribution in [0.2, 0.25) is 0 Å². The van der Waals surface area contributed by atoms with E-state index < -0.39 is 54.3 Å². The first-order valence-electron chi connectivity index (χ1n) is 12.7. The minimum atomic E-state index is -5.03. The second kappa shape index (κ2) is 12.3. The van der Waals surface area contributed by atoms with Crippen LogP contribution in [0.3, 0.4) is 0 Å². The molecule has 0 spiro atoms. The molecule has 1 aliphatic heterocycles. The largest absolute Gasteiger partial charge is 0.446 e. The number of aryl methyl sites for hydroxylation is 1. The summed E-state index contributed by atoms with van der Waals surface area (Å²) in [6.45, 7) is 6.43. The van der Waals surface area contributed by atoms with Gasteiger partial charge in [0.25, 0.3) is 0 Å². The molecule has 0 aliphatic carbocycles. The van der Waals surface area contributed by atoms with Crippen molar-refractivity contribution in [3.8, 4) is 0 Å². The smallest absolute Gasteiger partial charge is 0.416 e. The van der Waals surface area contributed by atoms with Crippen LogP contribution in [0.25, 0.3) is 0 Å². The van der Waals surface area contributed by atoms with E-state index in [0.717, 1.165) is 0 Å². The van der Waals surface area contributed by atoms with Crippen molar-refractivity contribution in [3.05, 3.63) is 58.4 Å². The van der Waals surface area contributed by atoms with E-state index in [4.69, 9.17) is 10.5 Å². The van der Waals surface area contributed by atoms with Crippen LogP contribution in [0.15, 0.2) is 45.8 Å². The van der Waals surface area contributed by atoms with E-state index in [0.29, 0.717) is 35.6 Å². The summed E-state index contributed by atoms with van der Waals surface area (Å²) in [5.41, 5.74) is 4.24. The number of nitrogens with two attached hydrogens (primary N) is 1. The first-order valence-corrected chi connectivity index (χ1v) is 12.7. The molecule has 0 saturated carbocycles. The maximum atomic E-state index is 13.6. The van der Waals surface area contributed by atoms with Crippen molar-refractivity contribution in [2.75, 3.05) is 11.9 Å². The molecule has 0 radical (unpaired) electrons. The highest BCUT2D eigenvalue weighted by Gasteiger charge is 2.42. The molecule has 2 heterocycles. The van der Waals surface area contributed by atoms with Gasteiger partial charge in [-0.2, -0.15) is 31.5 Å². The van der Waals surface area contributed by atoms with E-state index in [1.165, 1.54) is 16.8 Å². The topological polar surface area (TPSA) is 109 Å². The first kappa shape index (κ1) is 31.6. The van der Waals surface area contributed by atoms with Gasteiger partial charge in [-0.15, -0.1) is 0 Å². The molecule has 9 nitrogen and oxygen atoms in total. The van der Waals surface area contributed by atoms with Gasteiger partial charge in [0.15, 0.2) is 0 Å². The Morgan fingerprint density at radius 1 is 1.15 bits per heavy atom. The summed E-state index contributed by atoms with van der Waals surface area (Å²) < 4.78 is 87.0. The molecule has 0 bridgehead atoms. The van der Waals surface area contributed by atoms with Gasteiger partial charge in [0, 0.05) is 18.3 Å². The van der Waals surface area contributed by atoms with Crippen LogP contribution in [0.5, 0.6) is 0 Å². The molecule has 15 heteroatoms. The predicted octanol–water partition coefficient (Wildman–Crippen LogP) is 6.82. The van der Waals surface area contributed by atoms with Gasteiger partial charge in [-0.3, -0.25) is 9.88 Å². The van der Waals surface area contributed by atoms with Crippen molar-refractivity contribution in [2.24, 2.45) is 21.2 Å². The van der Waals surface area contributed by atoms with Crippen molar-refractivity contribution in [1.29, 1.82) is 0 Å². The second-order valence-corrected chi connectivity index (χ2v) is 9.76. The Bertz CT molecular complexity index is 1280. The Morgan fingerprint density at radius 3 is 2.27 bits per heavy atom. The van der Waals surface area contributed by atoms with Crippen molar-refractivity contribution in [3.63, 3.8) is 0 Å². The molecule has 2 N–H and O–H groups in total. The first-order chi connectivity index (χ1) is 19.1. The summed E-state index contributed by atoms with van der Waals surface area (Å²) in [5.74, 6) is -0.311. The zero-order chi connectivity index (χ0) is 30.7. The molecule has 1 aromatic carbocycles. The fourth-order valence-corrected chi connectivity index (χ4v) is 4.63. The zero-order valence-electron chi connectivity index (χ0n) is 23.1. The van der Waals surface area contributed by atoms with Crippen LogP contribution < -0.4 is 10.6 Å². The van der Waals surface area contributed by atoms with E-state index in [9.17, 15) is 31.1 Å². The van der Waals surface area contributed by atoms with E-state index in [-0.39, 0.29) is 24.0 Å². The third-order valence-corrected chi connectivity index (χ3v) is 6.39. The second-order valence-electron chi connectivity index (χ2n) is 9.76. The minimum absolute atomic E-state index is 0.0583. The Kier molecular flexibility index (Phi) is 9.49. The normalized spacial score (nSPS) is 18.1. The standard InChI is InChI=1S/C26H31F6N7O2/c1-6-19-12-21(22-20(8-7-15(4)35-22)39(19)24(40)41-14(2)3)38(23(33)36-37-34-5)13-16-9-17(25(27,28)29)11-18(10-16)26(30,31)32/h7-11,14,19,21H,6,12-13H2,1-5H3,(H2,33,34,36)/t19-,21+/m1/s1. The molecule has 1 aromatic heterocycles. The number of amides is 1. The van der Waals surface area contributed by atoms with Crippen LogP contribution in [0.4, 0.5) is 36.8 Å². The molecule has 0 fully saturated rings. The monoisotopic (exact) mass is 587 g/mol. The summed E-state index contributed by atoms with van der Waals surface area (Å²) in [5, 5.41) is 10.8. The number of pyridine rings is 1. The third kappa shape index (κ3) is 7.44. The van der Waals surface area contributed by atoms with Crippen LogP contribution in [0.1, 0.15) is 67.7 Å². The number of ether oxygens (including phenoxy) is 1. The number of hydrogen-bond donors (Lipinski definition) is 1. The summed E-state index contributed by atoms with van der Waals surface area (Å²) in [6.07, 6.45) is -10.5. The SMILES string of the molecule is CC[C@@H]1C[C@H](N(Cc2cc(C(F)(F)F)cc(C(F)(F)F)c2)C(N)=NN=NC)c2nc(C)ccc2N1C(=O)OC(C)C. The molecule has 0 saturated heterocycles. The lowest BCUT2D eigenvalue weighted by Crippen LogP contribution is -2.50. The molecule has 224 valence electrons. The van der Waals surface area contributed by atoms with Crippen LogP contribution in [0, 0.1) is 6.92 Å². The Labute approximate surface area is 233 Å². The van der Waals surface area contributed by atoms with Gasteiger partial charge in [-0.1, -0.05) is 12.0 Å². The average Bonchev–Trinajstić information content (AvgIpc) is 2.87. The van der Waals surface area contributed by atoms with Crippen LogP contribution >= 0.6 is 0 Å². The average molecular weight is 588 g/mol. The molecular weight excluding hydrogens is 556 g/mol. The highest BCUT2D eigenvalue weighted by Crippen LogP contribution is 2.42. The number of aromatic nitrogens is 1. The summed E-state index contributed by atoms with van der Waals surface area (Å²) in [6, 6.07) is 3.39. The van der Waals surface area contributed by atoms with Crippen LogP contribution in [-0.2, 0) is 23.6 Å². The molecule has 1 amide bonds. The number of guanidine groups is 1. The fraction of sp³-hybridized carbons (Fsp3) is 0.500. The quantitative estimate of drug-likeness (QED) is 0.131. The zero-order valence-corrected chi connectivity index (χ0v) is 23.1. The number of nitrogens with zero attached hydrogens (tertiary/aromatic N) is 6. The lowest BCUT2D eigenvalue weighted by molar-refractivity contribution is -0.143. The minimum Gasteiger partial charge on any atom is -0.446 e. The van der Waals surface area contributed by atoms with Crippen LogP contribution in [-0.4, -0.2) is 41.1 Å². The number of benzene rings is 1. The number of alkyl halides is 6. The van der Waals surface area contributed by atoms with Gasteiger partial charge in [0.05, 0.1) is 41.7 Å². The van der Waals surface area contributed by atoms with Gasteiger partial charge in [0.2, 0.25) is 5.96 Å². The van der Waals surface area contributed by atoms with Gasteiger partial charge in [-0.25, -0.2) is 4.79 Å². The highest BCUT2D eigenvalue weighted by molar-refractivity contribution is 5.90. The van der Waals surface area contributed by atoms with Crippen molar-refractivity contribution < 1.29 is 35.9 Å². The predicted molar refractivity (Wildman–Crippen MR) is 139 cm³/mol. The Hall–Kier alpha value is -3.91. The number of hydrogen-bond acceptors (Lipinski definition) is 5. The Morgan fingerprint density at radius 2 is 1.76 bits per heavy atom. The number of halogens is 6. The van der Waals surface area contributed by atoms with Gasteiger partial charge in [0.1, 0.15) is 0 Å². The number of carbonyl (C=O) groups is 1. The number of carbonyl (C=O) groups excluding carboxylic acids is 1. The molecular formula is C26H31F6N7O2. The third-order valence-electron chi connectivity index (χ3n) is 6.39. The van der Waals surface area contributed by atoms with Gasteiger partial charge < -0.3 is 15.4 Å². The lowest BCUT2D eigenvalue weighted by atomic mass is 9.91. The molecule has 1 aliphatic rings. The number of fused-ring (bicyclic) bond motifs is 1. The maximum absolute atomic E-state index is 13.6. The number of anilines is 1. The van der Waals surface area contributed by atoms with E-state index in [2.05, 4.69) is 20.4 Å². The fourth-order valence-electron chi connectivity index (χ4n) is 4.63. The molecule has 41 heavy (non-hydrogen) atoms. The summed E-state index contributed by atoms with van der Waals surface area (Å²) >= 11 is 0. The molecule has 2 atom stereocenters. The van der Waals surface area contributed by atoms with E-state index >= 15 is 0 Å². The highest BCUT2D eigenvalue weighted by atomic mass is 19.4. The van der Waals surface area contributed by atoms with Gasteiger partial charge in [-0.05, 0) is 74.7 Å². The van der Waals surface area contributed by atoms with E-state index in [1.807, 2.05) is 6.92 Å². The molecule has 2 aromatic rings. The Balaban J connectivity index is 2.21. The van der Waals surface area contributed by atoms with Gasteiger partial charge >= 0.3 is 18.4 Å². The maximum Gasteiger partial charge on any atom is 0.416 e. The van der Waals surface area contributed by atoms with Crippen molar-refractivity contribution in [2.45, 2.75) is 77.6 Å². The number of rotatable bonds is 6. The summed E-state index contributed by atoms with van der Waals surface area (Å²) in [4.78, 5) is 20.5. The van der Waals surface area contributed by atoms with Crippen molar-refractivity contribution >= 4 is 17.7 Å². The lowest BCUT2D eigenvalue weighted by Gasteiger charge is -2.43. The van der Waals surface area contributed by atoms with E-state index in [1.54, 1.807) is 32.9 Å². The molecule has 3 rings (SSSR count). The summed E-state index contributed by atoms with van der Waals surface area (Å²) in [7, 11) is 1.32. The van der Waals surface area contributed by atoms with Crippen molar-refractivity contribution in [1.82, 2.24) is 9.88 Å².